The van der Waals surface area contributed by atoms with Gasteiger partial charge in [-0.25, -0.2) is 0 Å². The van der Waals surface area contributed by atoms with Crippen molar-refractivity contribution in [3.63, 3.8) is 0 Å². The Kier molecular flexibility index (Phi) is 5.74. The van der Waals surface area contributed by atoms with Crippen LogP contribution >= 0.6 is 23.2 Å². The first-order chi connectivity index (χ1) is 7.95. The highest BCUT2D eigenvalue weighted by Crippen LogP contribution is 2.26. The summed E-state index contributed by atoms with van der Waals surface area (Å²) in [4.78, 5) is 0. The van der Waals surface area contributed by atoms with E-state index in [2.05, 4.69) is 12.2 Å². The van der Waals surface area contributed by atoms with E-state index in [0.717, 1.165) is 5.56 Å². The maximum atomic E-state index is 9.10. The third kappa shape index (κ3) is 4.14. The molecule has 1 rings (SSSR count). The van der Waals surface area contributed by atoms with Gasteiger partial charge in [-0.2, -0.15) is 0 Å². The van der Waals surface area contributed by atoms with Gasteiger partial charge in [0, 0.05) is 28.7 Å². The maximum absolute atomic E-state index is 9.10. The van der Waals surface area contributed by atoms with Gasteiger partial charge in [-0.3, -0.25) is 0 Å². The first kappa shape index (κ1) is 14.8. The van der Waals surface area contributed by atoms with Gasteiger partial charge in [0.2, 0.25) is 0 Å². The highest BCUT2D eigenvalue weighted by Gasteiger charge is 2.16. The monoisotopic (exact) mass is 275 g/mol. The number of aliphatic hydroxyl groups excluding tert-OH is 1. The van der Waals surface area contributed by atoms with Gasteiger partial charge in [0.25, 0.3) is 0 Å². The third-order valence-corrected chi connectivity index (χ3v) is 3.66. The van der Waals surface area contributed by atoms with E-state index in [4.69, 9.17) is 28.3 Å². The molecule has 0 fully saturated rings. The normalized spacial score (nSPS) is 16.6. The summed E-state index contributed by atoms with van der Waals surface area (Å²) in [5.74, 6) is 0.204. The van der Waals surface area contributed by atoms with E-state index in [1.807, 2.05) is 19.9 Å². The first-order valence-corrected chi connectivity index (χ1v) is 6.53. The number of nitrogens with one attached hydrogen (secondary N) is 1. The Morgan fingerprint density at radius 3 is 2.47 bits per heavy atom. The summed E-state index contributed by atoms with van der Waals surface area (Å²) in [5.41, 5.74) is 0.983. The highest BCUT2D eigenvalue weighted by atomic mass is 35.5. The Morgan fingerprint density at radius 2 is 1.88 bits per heavy atom. The average Bonchev–Trinajstić information content (AvgIpc) is 2.30. The number of halogens is 2. The molecular weight excluding hydrogens is 257 g/mol. The van der Waals surface area contributed by atoms with Gasteiger partial charge in [-0.1, -0.05) is 30.1 Å². The molecule has 0 heterocycles. The lowest BCUT2D eigenvalue weighted by Crippen LogP contribution is -2.35. The number of benzene rings is 1. The number of aliphatic hydroxyl groups is 1. The molecule has 3 unspecified atom stereocenters. The Morgan fingerprint density at radius 1 is 1.24 bits per heavy atom. The molecule has 0 saturated carbocycles. The third-order valence-electron chi connectivity index (χ3n) is 3.08. The van der Waals surface area contributed by atoms with Crippen LogP contribution in [-0.2, 0) is 0 Å². The minimum absolute atomic E-state index is 0.102. The van der Waals surface area contributed by atoms with Crippen molar-refractivity contribution < 1.29 is 5.11 Å². The quantitative estimate of drug-likeness (QED) is 0.860. The molecule has 0 bridgehead atoms. The topological polar surface area (TPSA) is 32.3 Å². The van der Waals surface area contributed by atoms with Gasteiger partial charge >= 0.3 is 0 Å². The van der Waals surface area contributed by atoms with E-state index in [1.54, 1.807) is 12.1 Å². The summed E-state index contributed by atoms with van der Waals surface area (Å²) in [7, 11) is 0. The largest absolute Gasteiger partial charge is 0.396 e. The van der Waals surface area contributed by atoms with E-state index >= 15 is 0 Å². The molecule has 0 saturated heterocycles. The zero-order valence-electron chi connectivity index (χ0n) is 10.4. The first-order valence-electron chi connectivity index (χ1n) is 5.77. The summed E-state index contributed by atoms with van der Waals surface area (Å²) in [6.07, 6.45) is 0. The minimum Gasteiger partial charge on any atom is -0.396 e. The molecule has 17 heavy (non-hydrogen) atoms. The predicted octanol–water partition coefficient (Wildman–Crippen LogP) is 3.66. The fourth-order valence-corrected chi connectivity index (χ4v) is 2.11. The molecule has 0 radical (unpaired) electrons. The van der Waals surface area contributed by atoms with Gasteiger partial charge < -0.3 is 10.4 Å². The van der Waals surface area contributed by atoms with Crippen molar-refractivity contribution in [1.82, 2.24) is 5.32 Å². The molecule has 4 heteroatoms. The summed E-state index contributed by atoms with van der Waals surface area (Å²) < 4.78 is 0. The molecule has 1 aromatic carbocycles. The molecule has 96 valence electrons. The van der Waals surface area contributed by atoms with E-state index in [0.29, 0.717) is 10.0 Å². The fourth-order valence-electron chi connectivity index (χ4n) is 1.65. The van der Waals surface area contributed by atoms with Gasteiger partial charge in [-0.05, 0) is 43.5 Å². The second-order valence-electron chi connectivity index (χ2n) is 4.50. The maximum Gasteiger partial charge on any atom is 0.0471 e. The Balaban J connectivity index is 2.75. The van der Waals surface area contributed by atoms with Crippen LogP contribution in [0.3, 0.4) is 0 Å². The second kappa shape index (κ2) is 6.60. The van der Waals surface area contributed by atoms with Crippen LogP contribution in [0.5, 0.6) is 0 Å². The smallest absolute Gasteiger partial charge is 0.0471 e. The molecule has 2 nitrogen and oxygen atoms in total. The molecule has 0 aliphatic heterocycles. The van der Waals surface area contributed by atoms with E-state index < -0.39 is 0 Å². The van der Waals surface area contributed by atoms with Crippen LogP contribution in [0.25, 0.3) is 0 Å². The SMILES string of the molecule is CC(NC(C)C(C)CO)c1cc(Cl)ccc1Cl. The predicted molar refractivity (Wildman–Crippen MR) is 73.7 cm³/mol. The second-order valence-corrected chi connectivity index (χ2v) is 5.35. The van der Waals surface area contributed by atoms with Crippen LogP contribution in [0, 0.1) is 5.92 Å². The van der Waals surface area contributed by atoms with E-state index in [1.165, 1.54) is 0 Å². The van der Waals surface area contributed by atoms with Gasteiger partial charge in [0.1, 0.15) is 0 Å². The molecular formula is C13H19Cl2NO. The van der Waals surface area contributed by atoms with Crippen LogP contribution in [0.1, 0.15) is 32.4 Å². The van der Waals surface area contributed by atoms with Crippen molar-refractivity contribution in [3.8, 4) is 0 Å². The van der Waals surface area contributed by atoms with Crippen LogP contribution in [0.2, 0.25) is 10.0 Å². The zero-order chi connectivity index (χ0) is 13.0. The van der Waals surface area contributed by atoms with Crippen molar-refractivity contribution >= 4 is 23.2 Å². The lowest BCUT2D eigenvalue weighted by Gasteiger charge is -2.25. The molecule has 2 N–H and O–H groups in total. The molecule has 0 aromatic heterocycles. The summed E-state index contributed by atoms with van der Waals surface area (Å²) >= 11 is 12.1. The van der Waals surface area contributed by atoms with E-state index in [9.17, 15) is 0 Å². The molecule has 1 aromatic rings. The van der Waals surface area contributed by atoms with Gasteiger partial charge in [0.15, 0.2) is 0 Å². The van der Waals surface area contributed by atoms with Gasteiger partial charge in [0.05, 0.1) is 0 Å². The van der Waals surface area contributed by atoms with Crippen molar-refractivity contribution in [3.05, 3.63) is 33.8 Å². The van der Waals surface area contributed by atoms with Crippen LogP contribution in [0.4, 0.5) is 0 Å². The number of hydrogen-bond acceptors (Lipinski definition) is 2. The summed E-state index contributed by atoms with van der Waals surface area (Å²) in [6.45, 7) is 6.27. The molecule has 0 aliphatic rings. The molecule has 0 aliphatic carbocycles. The lowest BCUT2D eigenvalue weighted by molar-refractivity contribution is 0.202. The Bertz CT molecular complexity index is 370. The fraction of sp³-hybridized carbons (Fsp3) is 0.538. The Labute approximate surface area is 113 Å². The van der Waals surface area contributed by atoms with Crippen LogP contribution in [-0.4, -0.2) is 17.8 Å². The lowest BCUT2D eigenvalue weighted by atomic mass is 10.0. The molecule has 0 spiro atoms. The van der Waals surface area contributed by atoms with Crippen molar-refractivity contribution in [1.29, 1.82) is 0 Å². The van der Waals surface area contributed by atoms with E-state index in [-0.39, 0.29) is 24.6 Å². The number of hydrogen-bond donors (Lipinski definition) is 2. The Hall–Kier alpha value is -0.280. The summed E-state index contributed by atoms with van der Waals surface area (Å²) in [5, 5.41) is 13.9. The summed E-state index contributed by atoms with van der Waals surface area (Å²) in [6, 6.07) is 5.77. The van der Waals surface area contributed by atoms with Crippen LogP contribution in [0.15, 0.2) is 18.2 Å². The highest BCUT2D eigenvalue weighted by molar-refractivity contribution is 6.33. The molecule has 3 atom stereocenters. The van der Waals surface area contributed by atoms with Gasteiger partial charge in [-0.15, -0.1) is 0 Å². The molecule has 0 amide bonds. The minimum atomic E-state index is 0.102. The van der Waals surface area contributed by atoms with Crippen molar-refractivity contribution in [2.75, 3.05) is 6.61 Å². The standard InChI is InChI=1S/C13H19Cl2NO/c1-8(7-17)9(2)16-10(3)12-6-11(14)4-5-13(12)15/h4-6,8-10,16-17H,7H2,1-3H3. The zero-order valence-corrected chi connectivity index (χ0v) is 11.9. The average molecular weight is 276 g/mol. The van der Waals surface area contributed by atoms with Crippen molar-refractivity contribution in [2.45, 2.75) is 32.9 Å². The number of rotatable bonds is 5. The van der Waals surface area contributed by atoms with Crippen LogP contribution < -0.4 is 5.32 Å². The van der Waals surface area contributed by atoms with Crippen molar-refractivity contribution in [2.24, 2.45) is 5.92 Å².